The quantitative estimate of drug-likeness (QED) is 0.273. The van der Waals surface area contributed by atoms with Crippen LogP contribution in [0.15, 0.2) is 65.6 Å². The minimum Gasteiger partial charge on any atom is -0.459 e. The van der Waals surface area contributed by atoms with Crippen molar-refractivity contribution >= 4 is 30.1 Å². The maximum atomic E-state index is 13.0. The van der Waals surface area contributed by atoms with Crippen LogP contribution in [-0.2, 0) is 23.7 Å². The fourth-order valence-electron chi connectivity index (χ4n) is 3.97. The zero-order chi connectivity index (χ0) is 27.4. The van der Waals surface area contributed by atoms with E-state index in [1.807, 2.05) is 13.8 Å². The van der Waals surface area contributed by atoms with E-state index in [-0.39, 0.29) is 16.9 Å². The van der Waals surface area contributed by atoms with Crippen molar-refractivity contribution in [2.24, 2.45) is 0 Å². The van der Waals surface area contributed by atoms with Crippen molar-refractivity contribution in [2.75, 3.05) is 6.61 Å². The Bertz CT molecular complexity index is 1450. The summed E-state index contributed by atoms with van der Waals surface area (Å²) in [4.78, 5) is 51.9. The van der Waals surface area contributed by atoms with Crippen molar-refractivity contribution in [1.82, 2.24) is 9.55 Å². The highest BCUT2D eigenvalue weighted by Gasteiger charge is 2.51. The number of nitrogens with one attached hydrogen (secondary N) is 1. The second-order valence-electron chi connectivity index (χ2n) is 8.86. The number of aryl methyl sites for hydroxylation is 2. The maximum absolute atomic E-state index is 13.0. The standard InChI is InChI=1S/C27H26N2O8S/c1-15-4-8-18(9-5-15)25(32)34-14-20-22(37-26(33)19-10-6-16(2)7-11-19)23(35-17(3)30)24(36-20)29-13-12-21(31)28-27(29)38/h4-13,20,22-24H,14H2,1-3H3,(H,28,31,38). The summed E-state index contributed by atoms with van der Waals surface area (Å²) in [5, 5.41) is 0. The van der Waals surface area contributed by atoms with Gasteiger partial charge in [0.2, 0.25) is 0 Å². The van der Waals surface area contributed by atoms with Gasteiger partial charge in [0.25, 0.3) is 5.56 Å². The fourth-order valence-corrected chi connectivity index (χ4v) is 4.23. The van der Waals surface area contributed by atoms with Crippen LogP contribution in [-0.4, -0.2) is 52.4 Å². The highest BCUT2D eigenvalue weighted by Crippen LogP contribution is 2.35. The molecule has 4 atom stereocenters. The number of hydrogen-bond acceptors (Lipinski definition) is 9. The minimum absolute atomic E-state index is 0.000522. The van der Waals surface area contributed by atoms with Gasteiger partial charge in [-0.25, -0.2) is 9.59 Å². The van der Waals surface area contributed by atoms with Crippen LogP contribution in [0.2, 0.25) is 0 Å². The molecule has 1 aromatic heterocycles. The highest BCUT2D eigenvalue weighted by atomic mass is 32.1. The number of benzene rings is 2. The first-order valence-corrected chi connectivity index (χ1v) is 12.2. The van der Waals surface area contributed by atoms with Gasteiger partial charge in [-0.15, -0.1) is 0 Å². The monoisotopic (exact) mass is 538 g/mol. The van der Waals surface area contributed by atoms with Gasteiger partial charge in [-0.3, -0.25) is 19.1 Å². The molecule has 10 nitrogen and oxygen atoms in total. The third kappa shape index (κ3) is 6.24. The first-order valence-electron chi connectivity index (χ1n) is 11.8. The molecule has 0 spiro atoms. The summed E-state index contributed by atoms with van der Waals surface area (Å²) in [7, 11) is 0. The van der Waals surface area contributed by atoms with Crippen molar-refractivity contribution in [2.45, 2.75) is 45.3 Å². The Kier molecular flexibility index (Phi) is 8.18. The number of rotatable bonds is 7. The van der Waals surface area contributed by atoms with Crippen molar-refractivity contribution in [3.8, 4) is 0 Å². The van der Waals surface area contributed by atoms with E-state index in [4.69, 9.17) is 31.2 Å². The van der Waals surface area contributed by atoms with Crippen LogP contribution in [0.1, 0.15) is 45.0 Å². The van der Waals surface area contributed by atoms with Crippen LogP contribution in [0.5, 0.6) is 0 Å². The Morgan fingerprint density at radius 3 is 2.03 bits per heavy atom. The van der Waals surface area contributed by atoms with E-state index in [1.54, 1.807) is 48.5 Å². The Balaban J connectivity index is 1.65. The summed E-state index contributed by atoms with van der Waals surface area (Å²) in [5.41, 5.74) is 2.11. The fraction of sp³-hybridized carbons (Fsp3) is 0.296. The van der Waals surface area contributed by atoms with Crippen molar-refractivity contribution in [3.63, 3.8) is 0 Å². The number of ether oxygens (including phenoxy) is 4. The molecule has 0 radical (unpaired) electrons. The highest BCUT2D eigenvalue weighted by molar-refractivity contribution is 7.71. The van der Waals surface area contributed by atoms with Gasteiger partial charge in [0.05, 0.1) is 11.1 Å². The molecule has 0 bridgehead atoms. The van der Waals surface area contributed by atoms with E-state index in [1.165, 1.54) is 23.8 Å². The number of nitrogens with zero attached hydrogens (tertiary/aromatic N) is 1. The lowest BCUT2D eigenvalue weighted by Gasteiger charge is -2.24. The molecule has 1 fully saturated rings. The molecule has 38 heavy (non-hydrogen) atoms. The summed E-state index contributed by atoms with van der Waals surface area (Å²) in [6.45, 7) is 4.66. The molecule has 1 aliphatic rings. The summed E-state index contributed by atoms with van der Waals surface area (Å²) in [6, 6.07) is 14.8. The van der Waals surface area contributed by atoms with Crippen LogP contribution in [0.3, 0.4) is 0 Å². The lowest BCUT2D eigenvalue weighted by molar-refractivity contribution is -0.156. The molecule has 2 aromatic carbocycles. The van der Waals surface area contributed by atoms with Gasteiger partial charge in [-0.2, -0.15) is 0 Å². The largest absolute Gasteiger partial charge is 0.459 e. The van der Waals surface area contributed by atoms with Crippen LogP contribution < -0.4 is 5.56 Å². The molecular weight excluding hydrogens is 512 g/mol. The predicted octanol–water partition coefficient (Wildman–Crippen LogP) is 3.43. The number of H-pyrrole nitrogens is 1. The van der Waals surface area contributed by atoms with Gasteiger partial charge in [-0.1, -0.05) is 35.4 Å². The van der Waals surface area contributed by atoms with Gasteiger partial charge in [-0.05, 0) is 50.3 Å². The molecule has 1 saturated heterocycles. The molecule has 0 saturated carbocycles. The SMILES string of the molecule is CC(=O)OC1C(OC(=O)c2ccc(C)cc2)C(COC(=O)c2ccc(C)cc2)OC1n1ccc(=O)[nH]c1=S. The molecule has 4 rings (SSSR count). The molecule has 198 valence electrons. The number of aromatic nitrogens is 2. The maximum Gasteiger partial charge on any atom is 0.338 e. The zero-order valence-electron chi connectivity index (χ0n) is 20.9. The van der Waals surface area contributed by atoms with E-state index < -0.39 is 48.0 Å². The molecule has 1 N–H and O–H groups in total. The minimum atomic E-state index is -1.17. The second-order valence-corrected chi connectivity index (χ2v) is 9.24. The lowest BCUT2D eigenvalue weighted by Crippen LogP contribution is -2.41. The van der Waals surface area contributed by atoms with Crippen LogP contribution in [0.4, 0.5) is 0 Å². The van der Waals surface area contributed by atoms with Crippen molar-refractivity contribution in [3.05, 3.63) is 98.2 Å². The topological polar surface area (TPSA) is 126 Å². The van der Waals surface area contributed by atoms with Gasteiger partial charge < -0.3 is 18.9 Å². The second kappa shape index (κ2) is 11.5. The predicted molar refractivity (Wildman–Crippen MR) is 137 cm³/mol. The van der Waals surface area contributed by atoms with E-state index in [9.17, 15) is 19.2 Å². The van der Waals surface area contributed by atoms with Crippen molar-refractivity contribution < 1.29 is 33.3 Å². The summed E-state index contributed by atoms with van der Waals surface area (Å²) in [6.07, 6.45) is -3.06. The average Bonchev–Trinajstić information content (AvgIpc) is 3.19. The van der Waals surface area contributed by atoms with E-state index >= 15 is 0 Å². The molecule has 4 unspecified atom stereocenters. The Morgan fingerprint density at radius 1 is 0.895 bits per heavy atom. The summed E-state index contributed by atoms with van der Waals surface area (Å²) < 4.78 is 24.3. The molecule has 0 amide bonds. The van der Waals surface area contributed by atoms with Gasteiger partial charge in [0, 0.05) is 19.2 Å². The summed E-state index contributed by atoms with van der Waals surface area (Å²) >= 11 is 5.27. The number of aromatic amines is 1. The lowest BCUT2D eigenvalue weighted by atomic mass is 10.1. The third-order valence-electron chi connectivity index (χ3n) is 5.91. The molecular formula is C27H26N2O8S. The third-order valence-corrected chi connectivity index (χ3v) is 6.22. The molecule has 2 heterocycles. The van der Waals surface area contributed by atoms with Crippen LogP contribution >= 0.6 is 12.2 Å². The van der Waals surface area contributed by atoms with Gasteiger partial charge >= 0.3 is 17.9 Å². The first kappa shape index (κ1) is 27.0. The number of hydrogen-bond donors (Lipinski definition) is 1. The Labute approximate surface area is 223 Å². The van der Waals surface area contributed by atoms with Crippen LogP contribution in [0, 0.1) is 18.6 Å². The molecule has 1 aliphatic heterocycles. The first-order chi connectivity index (χ1) is 18.1. The van der Waals surface area contributed by atoms with Crippen molar-refractivity contribution in [1.29, 1.82) is 0 Å². The van der Waals surface area contributed by atoms with Gasteiger partial charge in [0.1, 0.15) is 12.7 Å². The van der Waals surface area contributed by atoms with Gasteiger partial charge in [0.15, 0.2) is 23.2 Å². The smallest absolute Gasteiger partial charge is 0.338 e. The molecule has 3 aromatic rings. The van der Waals surface area contributed by atoms with Crippen LogP contribution in [0.25, 0.3) is 0 Å². The Morgan fingerprint density at radius 2 is 1.47 bits per heavy atom. The van der Waals surface area contributed by atoms with E-state index in [0.717, 1.165) is 11.1 Å². The summed E-state index contributed by atoms with van der Waals surface area (Å²) in [5.74, 6) is -1.95. The normalized spacial score (nSPS) is 20.5. The van der Waals surface area contributed by atoms with E-state index in [2.05, 4.69) is 4.98 Å². The average molecular weight is 539 g/mol. The Hall–Kier alpha value is -4.09. The molecule has 0 aliphatic carbocycles. The number of esters is 3. The van der Waals surface area contributed by atoms with E-state index in [0.29, 0.717) is 5.56 Å². The molecule has 11 heteroatoms. The number of carbonyl (C=O) groups is 3. The number of carbonyl (C=O) groups excluding carboxylic acids is 3. The zero-order valence-corrected chi connectivity index (χ0v) is 21.7.